The van der Waals surface area contributed by atoms with E-state index in [0.29, 0.717) is 12.2 Å². The van der Waals surface area contributed by atoms with E-state index in [1.807, 2.05) is 0 Å². The van der Waals surface area contributed by atoms with Gasteiger partial charge in [0.1, 0.15) is 11.6 Å². The molecule has 0 saturated carbocycles. The van der Waals surface area contributed by atoms with Crippen LogP contribution in [0.1, 0.15) is 12.5 Å². The molecule has 1 N–H and O–H groups in total. The van der Waals surface area contributed by atoms with E-state index in [9.17, 15) is 19.3 Å². The lowest BCUT2D eigenvalue weighted by atomic mass is 10.1. The maximum atomic E-state index is 13.3. The van der Waals surface area contributed by atoms with E-state index < -0.39 is 11.0 Å². The van der Waals surface area contributed by atoms with Crippen LogP contribution in [0.3, 0.4) is 0 Å². The lowest BCUT2D eigenvalue weighted by molar-refractivity contribution is -0.384. The third kappa shape index (κ3) is 4.76. The van der Waals surface area contributed by atoms with Gasteiger partial charge in [-0.05, 0) is 37.7 Å². The molecule has 0 bridgehead atoms. The first-order valence-electron chi connectivity index (χ1n) is 7.89. The van der Waals surface area contributed by atoms with Gasteiger partial charge in [-0.3, -0.25) is 19.8 Å². The van der Waals surface area contributed by atoms with Crippen molar-refractivity contribution in [3.05, 3.63) is 64.0 Å². The minimum absolute atomic E-state index is 0.129. The van der Waals surface area contributed by atoms with Crippen LogP contribution in [0.4, 0.5) is 15.8 Å². The zero-order chi connectivity index (χ0) is 19.3. The predicted octanol–water partition coefficient (Wildman–Crippen LogP) is 3.20. The number of nitro benzene ring substituents is 1. The number of nitrogens with one attached hydrogen (secondary N) is 1. The fourth-order valence-electron chi connectivity index (χ4n) is 2.39. The summed E-state index contributed by atoms with van der Waals surface area (Å²) in [5.41, 5.74) is 0.963. The topological polar surface area (TPSA) is 84.7 Å². The number of methoxy groups -OCH3 is 1. The molecule has 1 atom stereocenters. The van der Waals surface area contributed by atoms with E-state index in [1.165, 1.54) is 37.4 Å². The van der Waals surface area contributed by atoms with Crippen molar-refractivity contribution >= 4 is 17.3 Å². The molecule has 0 spiro atoms. The summed E-state index contributed by atoms with van der Waals surface area (Å²) in [5.74, 6) is -0.438. The fourth-order valence-corrected chi connectivity index (χ4v) is 2.39. The Morgan fingerprint density at radius 3 is 2.69 bits per heavy atom. The molecule has 26 heavy (non-hydrogen) atoms. The molecule has 0 unspecified atom stereocenters. The highest BCUT2D eigenvalue weighted by atomic mass is 19.1. The summed E-state index contributed by atoms with van der Waals surface area (Å²) in [6, 6.07) is 9.62. The Kier molecular flexibility index (Phi) is 6.24. The van der Waals surface area contributed by atoms with E-state index in [4.69, 9.17) is 4.74 Å². The van der Waals surface area contributed by atoms with Gasteiger partial charge in [0.15, 0.2) is 0 Å². The number of carbonyl (C=O) groups excluding carboxylic acids is 1. The lowest BCUT2D eigenvalue weighted by Crippen LogP contribution is -2.39. The molecular weight excluding hydrogens is 341 g/mol. The second kappa shape index (κ2) is 8.39. The summed E-state index contributed by atoms with van der Waals surface area (Å²) in [7, 11) is 3.12. The van der Waals surface area contributed by atoms with Gasteiger partial charge in [-0.25, -0.2) is 4.39 Å². The van der Waals surface area contributed by atoms with Crippen LogP contribution in [-0.2, 0) is 11.3 Å². The summed E-state index contributed by atoms with van der Waals surface area (Å²) >= 11 is 0. The predicted molar refractivity (Wildman–Crippen MR) is 95.6 cm³/mol. The summed E-state index contributed by atoms with van der Waals surface area (Å²) in [4.78, 5) is 24.5. The second-order valence-electron chi connectivity index (χ2n) is 5.85. The molecule has 2 rings (SSSR count). The van der Waals surface area contributed by atoms with Crippen molar-refractivity contribution in [2.24, 2.45) is 0 Å². The normalized spacial score (nSPS) is 11.9. The Morgan fingerprint density at radius 1 is 1.35 bits per heavy atom. The van der Waals surface area contributed by atoms with Crippen LogP contribution in [0.25, 0.3) is 0 Å². The highest BCUT2D eigenvalue weighted by Gasteiger charge is 2.20. The summed E-state index contributed by atoms with van der Waals surface area (Å²) in [6.07, 6.45) is 0. The number of amides is 1. The number of hydrogen-bond donors (Lipinski definition) is 1. The van der Waals surface area contributed by atoms with Crippen molar-refractivity contribution in [3.8, 4) is 5.75 Å². The highest BCUT2D eigenvalue weighted by molar-refractivity contribution is 5.96. The number of carbonyl (C=O) groups is 1. The Morgan fingerprint density at radius 2 is 2.08 bits per heavy atom. The first-order valence-corrected chi connectivity index (χ1v) is 7.89. The average Bonchev–Trinajstić information content (AvgIpc) is 2.61. The van der Waals surface area contributed by atoms with Gasteiger partial charge in [0, 0.05) is 12.6 Å². The Bertz CT molecular complexity index is 813. The van der Waals surface area contributed by atoms with Crippen molar-refractivity contribution in [1.82, 2.24) is 4.90 Å². The number of anilines is 1. The van der Waals surface area contributed by atoms with E-state index in [-0.39, 0.29) is 23.2 Å². The number of benzene rings is 2. The monoisotopic (exact) mass is 361 g/mol. The SMILES string of the molecule is COc1cc([N+](=O)[O-])ccc1NC(=O)[C@@H](C)N(C)Cc1cccc(F)c1. The van der Waals surface area contributed by atoms with Crippen molar-refractivity contribution in [3.63, 3.8) is 0 Å². The highest BCUT2D eigenvalue weighted by Crippen LogP contribution is 2.29. The smallest absolute Gasteiger partial charge is 0.273 e. The lowest BCUT2D eigenvalue weighted by Gasteiger charge is -2.24. The van der Waals surface area contributed by atoms with Crippen LogP contribution in [0, 0.1) is 15.9 Å². The molecule has 0 aromatic heterocycles. The Hall–Kier alpha value is -3.00. The largest absolute Gasteiger partial charge is 0.494 e. The third-order valence-electron chi connectivity index (χ3n) is 4.02. The van der Waals surface area contributed by atoms with Gasteiger partial charge >= 0.3 is 0 Å². The first-order chi connectivity index (χ1) is 12.3. The molecule has 0 aliphatic carbocycles. The van der Waals surface area contributed by atoms with Crippen LogP contribution in [0.15, 0.2) is 42.5 Å². The van der Waals surface area contributed by atoms with Gasteiger partial charge in [-0.1, -0.05) is 12.1 Å². The molecule has 7 nitrogen and oxygen atoms in total. The van der Waals surface area contributed by atoms with Gasteiger partial charge < -0.3 is 10.1 Å². The molecule has 0 radical (unpaired) electrons. The molecular formula is C18H20FN3O4. The van der Waals surface area contributed by atoms with E-state index in [0.717, 1.165) is 5.56 Å². The maximum Gasteiger partial charge on any atom is 0.273 e. The minimum Gasteiger partial charge on any atom is -0.494 e. The van der Waals surface area contributed by atoms with E-state index in [1.54, 1.807) is 31.0 Å². The van der Waals surface area contributed by atoms with Gasteiger partial charge in [-0.2, -0.15) is 0 Å². The zero-order valence-corrected chi connectivity index (χ0v) is 14.7. The molecule has 0 heterocycles. The molecule has 0 aliphatic heterocycles. The Balaban J connectivity index is 2.07. The minimum atomic E-state index is -0.538. The second-order valence-corrected chi connectivity index (χ2v) is 5.85. The number of hydrogen-bond acceptors (Lipinski definition) is 5. The fraction of sp³-hybridized carbons (Fsp3) is 0.278. The van der Waals surface area contributed by atoms with Crippen LogP contribution in [-0.4, -0.2) is 35.9 Å². The quantitative estimate of drug-likeness (QED) is 0.605. The van der Waals surface area contributed by atoms with Crippen molar-refractivity contribution in [1.29, 1.82) is 0 Å². The number of halogens is 1. The molecule has 2 aromatic carbocycles. The summed E-state index contributed by atoms with van der Waals surface area (Å²) in [5, 5.41) is 13.5. The molecule has 0 aliphatic rings. The zero-order valence-electron chi connectivity index (χ0n) is 14.7. The number of nitro groups is 1. The Labute approximate surface area is 150 Å². The van der Waals surface area contributed by atoms with E-state index in [2.05, 4.69) is 5.32 Å². The molecule has 138 valence electrons. The standard InChI is InChI=1S/C18H20FN3O4/c1-12(21(2)11-13-5-4-6-14(19)9-13)18(23)20-16-8-7-15(22(24)25)10-17(16)26-3/h4-10,12H,11H2,1-3H3,(H,20,23)/t12-/m1/s1. The first kappa shape index (κ1) is 19.3. The van der Waals surface area contributed by atoms with Crippen LogP contribution in [0.2, 0.25) is 0 Å². The van der Waals surface area contributed by atoms with Crippen LogP contribution in [0.5, 0.6) is 5.75 Å². The van der Waals surface area contributed by atoms with Crippen molar-refractivity contribution in [2.75, 3.05) is 19.5 Å². The summed E-state index contributed by atoms with van der Waals surface area (Å²) < 4.78 is 18.4. The molecule has 1 amide bonds. The number of likely N-dealkylation sites (N-methyl/N-ethyl adjacent to an activating group) is 1. The molecule has 2 aromatic rings. The number of nitrogens with zero attached hydrogens (tertiary/aromatic N) is 2. The van der Waals surface area contributed by atoms with Gasteiger partial charge in [0.2, 0.25) is 5.91 Å². The maximum absolute atomic E-state index is 13.3. The van der Waals surface area contributed by atoms with Crippen LogP contribution < -0.4 is 10.1 Å². The van der Waals surface area contributed by atoms with Crippen molar-refractivity contribution in [2.45, 2.75) is 19.5 Å². The molecule has 0 saturated heterocycles. The number of ether oxygens (including phenoxy) is 1. The number of non-ortho nitro benzene ring substituents is 1. The van der Waals surface area contributed by atoms with E-state index >= 15 is 0 Å². The van der Waals surface area contributed by atoms with Crippen LogP contribution >= 0.6 is 0 Å². The third-order valence-corrected chi connectivity index (χ3v) is 4.02. The van der Waals surface area contributed by atoms with Gasteiger partial charge in [-0.15, -0.1) is 0 Å². The average molecular weight is 361 g/mol. The number of rotatable bonds is 7. The van der Waals surface area contributed by atoms with Gasteiger partial charge in [0.25, 0.3) is 5.69 Å². The molecule has 0 fully saturated rings. The van der Waals surface area contributed by atoms with Crippen molar-refractivity contribution < 1.29 is 18.8 Å². The van der Waals surface area contributed by atoms with Gasteiger partial charge in [0.05, 0.1) is 29.8 Å². The molecule has 8 heteroatoms. The summed E-state index contributed by atoms with van der Waals surface area (Å²) in [6.45, 7) is 2.11.